The molecule has 0 bridgehead atoms. The Hall–Kier alpha value is -3.47. The third-order valence-corrected chi connectivity index (χ3v) is 3.74. The SMILES string of the molecule is N=C1C=CC(=C(c2ccc(N)cc2)c2ccccc2[N+](=O)[O-])C=C1. The number of anilines is 1. The number of benzene rings is 2. The molecule has 0 saturated heterocycles. The molecule has 0 atom stereocenters. The van der Waals surface area contributed by atoms with E-state index in [2.05, 4.69) is 0 Å². The fourth-order valence-electron chi connectivity index (χ4n) is 2.61. The molecule has 5 nitrogen and oxygen atoms in total. The monoisotopic (exact) mass is 317 g/mol. The smallest absolute Gasteiger partial charge is 0.277 e. The van der Waals surface area contributed by atoms with Crippen molar-refractivity contribution >= 4 is 22.7 Å². The Bertz CT molecular complexity index is 888. The van der Waals surface area contributed by atoms with E-state index in [-0.39, 0.29) is 10.6 Å². The molecule has 1 aliphatic carbocycles. The molecule has 0 saturated carbocycles. The molecular weight excluding hydrogens is 302 g/mol. The fourth-order valence-corrected chi connectivity index (χ4v) is 2.61. The van der Waals surface area contributed by atoms with Crippen molar-refractivity contribution in [2.45, 2.75) is 0 Å². The number of hydrogen-bond donors (Lipinski definition) is 2. The molecule has 0 spiro atoms. The van der Waals surface area contributed by atoms with E-state index >= 15 is 0 Å². The minimum Gasteiger partial charge on any atom is -0.399 e. The maximum Gasteiger partial charge on any atom is 0.277 e. The van der Waals surface area contributed by atoms with E-state index in [1.54, 1.807) is 54.6 Å². The molecule has 2 aromatic rings. The van der Waals surface area contributed by atoms with E-state index in [9.17, 15) is 10.1 Å². The maximum atomic E-state index is 11.4. The zero-order valence-corrected chi connectivity index (χ0v) is 12.8. The number of nitrogen functional groups attached to an aromatic ring is 1. The summed E-state index contributed by atoms with van der Waals surface area (Å²) in [6.45, 7) is 0. The van der Waals surface area contributed by atoms with Crippen LogP contribution >= 0.6 is 0 Å². The van der Waals surface area contributed by atoms with Crippen molar-refractivity contribution in [3.63, 3.8) is 0 Å². The molecule has 3 rings (SSSR count). The molecule has 0 aromatic heterocycles. The van der Waals surface area contributed by atoms with Gasteiger partial charge in [-0.1, -0.05) is 36.4 Å². The molecule has 0 fully saturated rings. The average molecular weight is 317 g/mol. The van der Waals surface area contributed by atoms with Gasteiger partial charge in [0.1, 0.15) is 0 Å². The van der Waals surface area contributed by atoms with Crippen LogP contribution in [0.3, 0.4) is 0 Å². The molecule has 0 amide bonds. The van der Waals surface area contributed by atoms with Crippen molar-refractivity contribution in [1.29, 1.82) is 5.41 Å². The van der Waals surface area contributed by atoms with Crippen molar-refractivity contribution < 1.29 is 4.92 Å². The van der Waals surface area contributed by atoms with Gasteiger partial charge in [0, 0.05) is 17.3 Å². The van der Waals surface area contributed by atoms with Crippen molar-refractivity contribution in [3.05, 3.63) is 99.6 Å². The summed E-state index contributed by atoms with van der Waals surface area (Å²) in [5.74, 6) is 0. The summed E-state index contributed by atoms with van der Waals surface area (Å²) in [6.07, 6.45) is 6.93. The predicted octanol–water partition coefficient (Wildman–Crippen LogP) is 4.12. The molecule has 118 valence electrons. The second-order valence-electron chi connectivity index (χ2n) is 5.35. The Labute approximate surface area is 139 Å². The summed E-state index contributed by atoms with van der Waals surface area (Å²) in [5, 5.41) is 19.1. The number of para-hydroxylation sites is 1. The molecule has 0 unspecified atom stereocenters. The number of nitrogens with two attached hydrogens (primary N) is 1. The number of hydrogen-bond acceptors (Lipinski definition) is 4. The summed E-state index contributed by atoms with van der Waals surface area (Å²) in [7, 11) is 0. The summed E-state index contributed by atoms with van der Waals surface area (Å²) in [5.41, 5.74) is 9.73. The van der Waals surface area contributed by atoms with Gasteiger partial charge < -0.3 is 11.1 Å². The van der Waals surface area contributed by atoms with Gasteiger partial charge in [-0.05, 0) is 41.5 Å². The highest BCUT2D eigenvalue weighted by atomic mass is 16.6. The van der Waals surface area contributed by atoms with Crippen LogP contribution in [0.25, 0.3) is 5.57 Å². The number of rotatable bonds is 3. The van der Waals surface area contributed by atoms with Gasteiger partial charge in [0.25, 0.3) is 5.69 Å². The third kappa shape index (κ3) is 3.01. The van der Waals surface area contributed by atoms with Crippen LogP contribution in [0.4, 0.5) is 11.4 Å². The summed E-state index contributed by atoms with van der Waals surface area (Å²) >= 11 is 0. The topological polar surface area (TPSA) is 93.0 Å². The Kier molecular flexibility index (Phi) is 4.07. The summed E-state index contributed by atoms with van der Waals surface area (Å²) in [6, 6.07) is 13.9. The Morgan fingerprint density at radius 1 is 0.958 bits per heavy atom. The van der Waals surface area contributed by atoms with Crippen molar-refractivity contribution in [2.75, 3.05) is 5.73 Å². The molecular formula is C19H15N3O2. The predicted molar refractivity (Wildman–Crippen MR) is 96.0 cm³/mol. The quantitative estimate of drug-likeness (QED) is 0.506. The average Bonchev–Trinajstić information content (AvgIpc) is 2.59. The van der Waals surface area contributed by atoms with Crippen LogP contribution in [0.1, 0.15) is 11.1 Å². The molecule has 1 aliphatic rings. The third-order valence-electron chi connectivity index (χ3n) is 3.74. The molecule has 0 radical (unpaired) electrons. The number of allylic oxidation sites excluding steroid dienone is 5. The van der Waals surface area contributed by atoms with Crippen LogP contribution < -0.4 is 5.73 Å². The first-order valence-corrected chi connectivity index (χ1v) is 7.35. The second kappa shape index (κ2) is 6.34. The lowest BCUT2D eigenvalue weighted by molar-refractivity contribution is -0.385. The molecule has 0 heterocycles. The first-order valence-electron chi connectivity index (χ1n) is 7.35. The highest BCUT2D eigenvalue weighted by Gasteiger charge is 2.20. The second-order valence-corrected chi connectivity index (χ2v) is 5.35. The molecule has 3 N–H and O–H groups in total. The van der Waals surface area contributed by atoms with Gasteiger partial charge in [-0.3, -0.25) is 10.1 Å². The lowest BCUT2D eigenvalue weighted by Crippen LogP contribution is -2.00. The van der Waals surface area contributed by atoms with Gasteiger partial charge in [-0.2, -0.15) is 0 Å². The lowest BCUT2D eigenvalue weighted by atomic mass is 9.90. The van der Waals surface area contributed by atoms with Gasteiger partial charge in [-0.25, -0.2) is 0 Å². The highest BCUT2D eigenvalue weighted by Crippen LogP contribution is 2.35. The fraction of sp³-hybridized carbons (Fsp3) is 0. The van der Waals surface area contributed by atoms with E-state index in [0.717, 1.165) is 16.7 Å². The van der Waals surface area contributed by atoms with Crippen LogP contribution in [-0.2, 0) is 0 Å². The Morgan fingerprint density at radius 2 is 1.58 bits per heavy atom. The standard InChI is InChI=1S/C19H15N3O2/c20-15-9-5-13(6-10-15)19(14-7-11-16(21)12-8-14)17-3-1-2-4-18(17)22(23)24/h1-12,20H,21H2. The zero-order valence-electron chi connectivity index (χ0n) is 12.8. The van der Waals surface area contributed by atoms with Crippen molar-refractivity contribution in [2.24, 2.45) is 0 Å². The van der Waals surface area contributed by atoms with E-state index in [1.807, 2.05) is 12.1 Å². The maximum absolute atomic E-state index is 11.4. The molecule has 24 heavy (non-hydrogen) atoms. The summed E-state index contributed by atoms with van der Waals surface area (Å²) < 4.78 is 0. The number of nitro groups is 1. The van der Waals surface area contributed by atoms with Crippen LogP contribution in [0.15, 0.2) is 78.4 Å². The lowest BCUT2D eigenvalue weighted by Gasteiger charge is -2.14. The molecule has 5 heteroatoms. The first-order chi connectivity index (χ1) is 11.6. The van der Waals surface area contributed by atoms with E-state index in [1.165, 1.54) is 6.07 Å². The first kappa shape index (κ1) is 15.4. The highest BCUT2D eigenvalue weighted by molar-refractivity contribution is 6.05. The van der Waals surface area contributed by atoms with E-state index in [4.69, 9.17) is 11.1 Å². The van der Waals surface area contributed by atoms with Gasteiger partial charge in [0.2, 0.25) is 0 Å². The Morgan fingerprint density at radius 3 is 2.21 bits per heavy atom. The van der Waals surface area contributed by atoms with Crippen molar-refractivity contribution in [3.8, 4) is 0 Å². The number of nitrogens with zero attached hydrogens (tertiary/aromatic N) is 1. The Balaban J connectivity index is 2.28. The zero-order chi connectivity index (χ0) is 17.1. The van der Waals surface area contributed by atoms with Gasteiger partial charge in [0.05, 0.1) is 16.2 Å². The summed E-state index contributed by atoms with van der Waals surface area (Å²) in [4.78, 5) is 11.1. The van der Waals surface area contributed by atoms with E-state index < -0.39 is 0 Å². The van der Waals surface area contributed by atoms with Gasteiger partial charge in [0.15, 0.2) is 0 Å². The largest absolute Gasteiger partial charge is 0.399 e. The molecule has 0 aliphatic heterocycles. The van der Waals surface area contributed by atoms with Crippen LogP contribution in [0, 0.1) is 15.5 Å². The number of nitro benzene ring substituents is 1. The van der Waals surface area contributed by atoms with Crippen LogP contribution in [0.5, 0.6) is 0 Å². The minimum atomic E-state index is -0.383. The van der Waals surface area contributed by atoms with Gasteiger partial charge in [-0.15, -0.1) is 0 Å². The number of nitrogens with one attached hydrogen (secondary N) is 1. The van der Waals surface area contributed by atoms with E-state index in [0.29, 0.717) is 17.0 Å². The van der Waals surface area contributed by atoms with Crippen molar-refractivity contribution in [1.82, 2.24) is 0 Å². The molecule has 2 aromatic carbocycles. The van der Waals surface area contributed by atoms with Crippen LogP contribution in [0.2, 0.25) is 0 Å². The minimum absolute atomic E-state index is 0.0410. The van der Waals surface area contributed by atoms with Crippen LogP contribution in [-0.4, -0.2) is 10.6 Å². The normalized spacial score (nSPS) is 13.2. The van der Waals surface area contributed by atoms with Gasteiger partial charge >= 0.3 is 0 Å².